The molecule has 0 aliphatic carbocycles. The number of fused-ring (bicyclic) bond motifs is 4. The molecule has 3 aromatic rings. The third-order valence-electron chi connectivity index (χ3n) is 5.57. The van der Waals surface area contributed by atoms with Gasteiger partial charge in [-0.15, -0.1) is 10.2 Å². The van der Waals surface area contributed by atoms with Crippen molar-refractivity contribution in [1.29, 1.82) is 0 Å². The van der Waals surface area contributed by atoms with Crippen molar-refractivity contribution < 1.29 is 13.5 Å². The average molecular weight is 431 g/mol. The highest BCUT2D eigenvalue weighted by Crippen LogP contribution is 2.45. The second-order valence-electron chi connectivity index (χ2n) is 7.38. The molecule has 2 aliphatic heterocycles. The van der Waals surface area contributed by atoms with Crippen molar-refractivity contribution in [2.75, 3.05) is 23.3 Å². The van der Waals surface area contributed by atoms with Gasteiger partial charge in [0.2, 0.25) is 5.88 Å². The van der Waals surface area contributed by atoms with Crippen molar-refractivity contribution in [1.82, 2.24) is 20.2 Å². The molecule has 30 heavy (non-hydrogen) atoms. The summed E-state index contributed by atoms with van der Waals surface area (Å²) < 4.78 is 34.4. The lowest BCUT2D eigenvalue weighted by molar-refractivity contribution is 0.0529. The van der Waals surface area contributed by atoms with Crippen molar-refractivity contribution in [3.63, 3.8) is 0 Å². The van der Waals surface area contributed by atoms with Gasteiger partial charge in [0.05, 0.1) is 12.2 Å². The highest BCUT2D eigenvalue weighted by atomic mass is 35.5. The minimum atomic E-state index is -2.60. The summed E-state index contributed by atoms with van der Waals surface area (Å²) >= 11 is 5.97. The van der Waals surface area contributed by atoms with Gasteiger partial charge in [0.25, 0.3) is 6.43 Å². The lowest BCUT2D eigenvalue weighted by atomic mass is 9.93. The lowest BCUT2D eigenvalue weighted by Gasteiger charge is -2.43. The zero-order chi connectivity index (χ0) is 20.9. The molecule has 5 rings (SSSR count). The van der Waals surface area contributed by atoms with E-state index in [0.717, 1.165) is 10.9 Å². The summed E-state index contributed by atoms with van der Waals surface area (Å²) in [5.41, 5.74) is 0.486. The van der Waals surface area contributed by atoms with Crippen LogP contribution in [0.1, 0.15) is 12.0 Å². The first kappa shape index (κ1) is 18.9. The van der Waals surface area contributed by atoms with Crippen LogP contribution >= 0.6 is 11.6 Å². The second kappa shape index (κ2) is 7.02. The molecule has 1 saturated heterocycles. The smallest absolute Gasteiger partial charge is 0.263 e. The molecule has 3 aromatic heterocycles. The Morgan fingerprint density at radius 3 is 3.00 bits per heavy atom. The molecular weight excluding hydrogens is 414 g/mol. The van der Waals surface area contributed by atoms with Crippen molar-refractivity contribution in [2.45, 2.75) is 24.5 Å². The highest BCUT2D eigenvalue weighted by Gasteiger charge is 2.55. The van der Waals surface area contributed by atoms with Gasteiger partial charge in [-0.3, -0.25) is 0 Å². The quantitative estimate of drug-likeness (QED) is 0.674. The predicted molar refractivity (Wildman–Crippen MR) is 110 cm³/mol. The number of ether oxygens (including phenoxy) is 1. The summed E-state index contributed by atoms with van der Waals surface area (Å²) in [6, 6.07) is 7.03. The molecule has 1 N–H and O–H groups in total. The minimum Gasteiger partial charge on any atom is -0.472 e. The number of hydrogen-bond acceptors (Lipinski definition) is 7. The summed E-state index contributed by atoms with van der Waals surface area (Å²) in [6.45, 7) is 4.01. The number of pyridine rings is 2. The number of nitrogens with one attached hydrogen (secondary N) is 1. The Morgan fingerprint density at radius 1 is 1.33 bits per heavy atom. The summed E-state index contributed by atoms with van der Waals surface area (Å²) in [5, 5.41) is 11.7. The van der Waals surface area contributed by atoms with Crippen LogP contribution in [0.25, 0.3) is 17.1 Å². The van der Waals surface area contributed by atoms with Crippen LogP contribution in [-0.4, -0.2) is 51.3 Å². The molecule has 5 heterocycles. The molecule has 0 aromatic carbocycles. The molecule has 7 nitrogen and oxygen atoms in total. The molecule has 0 radical (unpaired) electrons. The van der Waals surface area contributed by atoms with E-state index in [9.17, 15) is 8.78 Å². The van der Waals surface area contributed by atoms with Gasteiger partial charge < -0.3 is 15.0 Å². The molecule has 10 heteroatoms. The van der Waals surface area contributed by atoms with Gasteiger partial charge in [0.1, 0.15) is 11.6 Å². The molecule has 0 unspecified atom stereocenters. The number of anilines is 2. The molecule has 0 bridgehead atoms. The SMILES string of the molecule is C=Cc1cnc2nc(O[C@H]3CN4c5cc(Cl)nnc5NC[C@@]4(C(F)F)C3)ccc2c1. The third-order valence-corrected chi connectivity index (χ3v) is 5.75. The van der Waals surface area contributed by atoms with E-state index in [-0.39, 0.29) is 24.7 Å². The van der Waals surface area contributed by atoms with E-state index < -0.39 is 18.1 Å². The molecule has 0 amide bonds. The maximum atomic E-state index is 14.2. The van der Waals surface area contributed by atoms with Crippen molar-refractivity contribution in [2.24, 2.45) is 0 Å². The van der Waals surface area contributed by atoms with Gasteiger partial charge in [-0.05, 0) is 17.7 Å². The largest absolute Gasteiger partial charge is 0.472 e. The number of alkyl halides is 2. The van der Waals surface area contributed by atoms with Gasteiger partial charge in [-0.25, -0.2) is 13.8 Å². The number of halogens is 3. The molecule has 0 spiro atoms. The zero-order valence-corrected chi connectivity index (χ0v) is 16.5. The van der Waals surface area contributed by atoms with E-state index in [0.29, 0.717) is 23.0 Å². The molecule has 1 fully saturated rings. The normalized spacial score (nSPS) is 22.5. The summed E-state index contributed by atoms with van der Waals surface area (Å²) in [4.78, 5) is 10.4. The number of hydrogen-bond donors (Lipinski definition) is 1. The van der Waals surface area contributed by atoms with Crippen LogP contribution in [0.5, 0.6) is 5.88 Å². The summed E-state index contributed by atoms with van der Waals surface area (Å²) in [5.74, 6) is 0.775. The Balaban J connectivity index is 1.44. The van der Waals surface area contributed by atoms with Gasteiger partial charge in [0, 0.05) is 36.7 Å². The first-order valence-corrected chi connectivity index (χ1v) is 9.75. The fourth-order valence-electron chi connectivity index (χ4n) is 4.11. The van der Waals surface area contributed by atoms with Crippen LogP contribution in [0.2, 0.25) is 5.15 Å². The van der Waals surface area contributed by atoms with Crippen molar-refractivity contribution in [3.8, 4) is 5.88 Å². The molecular formula is C20H17ClF2N6O. The predicted octanol–water partition coefficient (Wildman–Crippen LogP) is 3.80. The van der Waals surface area contributed by atoms with Crippen LogP contribution < -0.4 is 15.0 Å². The summed E-state index contributed by atoms with van der Waals surface area (Å²) in [7, 11) is 0. The highest BCUT2D eigenvalue weighted by molar-refractivity contribution is 6.29. The topological polar surface area (TPSA) is 76.1 Å². The first-order chi connectivity index (χ1) is 14.5. The van der Waals surface area contributed by atoms with E-state index >= 15 is 0 Å². The maximum Gasteiger partial charge on any atom is 0.263 e. The number of aromatic nitrogens is 4. The van der Waals surface area contributed by atoms with Crippen molar-refractivity contribution >= 4 is 40.2 Å². The van der Waals surface area contributed by atoms with Crippen LogP contribution in [-0.2, 0) is 0 Å². The van der Waals surface area contributed by atoms with E-state index in [2.05, 4.69) is 32.1 Å². The van der Waals surface area contributed by atoms with E-state index in [1.165, 1.54) is 0 Å². The Labute approximate surface area is 175 Å². The Kier molecular flexibility index (Phi) is 4.43. The van der Waals surface area contributed by atoms with E-state index in [4.69, 9.17) is 16.3 Å². The fraction of sp³-hybridized carbons (Fsp3) is 0.300. The zero-order valence-electron chi connectivity index (χ0n) is 15.7. The van der Waals surface area contributed by atoms with Crippen molar-refractivity contribution in [3.05, 3.63) is 47.8 Å². The van der Waals surface area contributed by atoms with Crippen LogP contribution in [0.3, 0.4) is 0 Å². The van der Waals surface area contributed by atoms with Crippen LogP contribution in [0.15, 0.2) is 37.0 Å². The average Bonchev–Trinajstić information content (AvgIpc) is 3.13. The molecule has 154 valence electrons. The van der Waals surface area contributed by atoms with E-state index in [1.54, 1.807) is 29.3 Å². The minimum absolute atomic E-state index is 0.0326. The van der Waals surface area contributed by atoms with Gasteiger partial charge in [-0.1, -0.05) is 24.3 Å². The number of rotatable bonds is 4. The second-order valence-corrected chi connectivity index (χ2v) is 7.77. The standard InChI is InChI=1S/C20H17ClF2N6O/c1-2-11-5-12-3-4-16(26-17(12)24-8-11)30-13-7-20(19(22)23)10-25-18-14(29(20)9-13)6-15(21)27-28-18/h2-6,8,13,19H,1,7,9-10H2,(H,25,28)/t13-,20-/m1/s1. The van der Waals surface area contributed by atoms with Crippen LogP contribution in [0, 0.1) is 0 Å². The van der Waals surface area contributed by atoms with E-state index in [1.807, 2.05) is 12.1 Å². The third kappa shape index (κ3) is 3.00. The Morgan fingerprint density at radius 2 is 2.20 bits per heavy atom. The van der Waals surface area contributed by atoms with Gasteiger partial charge >= 0.3 is 0 Å². The Hall–Kier alpha value is -3.07. The fourth-order valence-corrected chi connectivity index (χ4v) is 4.25. The van der Waals surface area contributed by atoms with Gasteiger partial charge in [-0.2, -0.15) is 4.98 Å². The molecule has 0 saturated carbocycles. The lowest BCUT2D eigenvalue weighted by Crippen LogP contribution is -2.57. The Bertz CT molecular complexity index is 1150. The summed E-state index contributed by atoms with van der Waals surface area (Å²) in [6.07, 6.45) is 0.414. The monoisotopic (exact) mass is 430 g/mol. The first-order valence-electron chi connectivity index (χ1n) is 9.37. The maximum absolute atomic E-state index is 14.2. The van der Waals surface area contributed by atoms with Crippen LogP contribution in [0.4, 0.5) is 20.3 Å². The molecule has 2 aliphatic rings. The van der Waals surface area contributed by atoms with Gasteiger partial charge in [0.15, 0.2) is 16.6 Å². The molecule has 2 atom stereocenters. The number of nitrogens with zero attached hydrogens (tertiary/aromatic N) is 5.